The first-order chi connectivity index (χ1) is 30.4. The van der Waals surface area contributed by atoms with Crippen LogP contribution in [0.5, 0.6) is 0 Å². The molecule has 0 aliphatic rings. The van der Waals surface area contributed by atoms with Crippen molar-refractivity contribution in [2.75, 3.05) is 42.3 Å². The Morgan fingerprint density at radius 3 is 1.47 bits per heavy atom. The monoisotopic (exact) mass is 879 g/mol. The molecule has 5 aromatic heterocycles. The van der Waals surface area contributed by atoms with Gasteiger partial charge in [0.05, 0.1) is 34.8 Å². The van der Waals surface area contributed by atoms with Gasteiger partial charge in [-0.25, -0.2) is 4.98 Å². The molecule has 6 rings (SSSR count). The number of amides is 3. The molecule has 0 saturated carbocycles. The van der Waals surface area contributed by atoms with Crippen molar-refractivity contribution in [3.05, 3.63) is 158 Å². The zero-order valence-corrected chi connectivity index (χ0v) is 38.5. The second-order valence-electron chi connectivity index (χ2n) is 15.3. The van der Waals surface area contributed by atoms with Gasteiger partial charge in [0, 0.05) is 110 Å². The van der Waals surface area contributed by atoms with Gasteiger partial charge in [0.25, 0.3) is 0 Å². The van der Waals surface area contributed by atoms with E-state index in [4.69, 9.17) is 12.8 Å². The van der Waals surface area contributed by atoms with Gasteiger partial charge in [-0.15, -0.1) is 24.2 Å². The lowest BCUT2D eigenvalue weighted by Gasteiger charge is -2.11. The van der Waals surface area contributed by atoms with Gasteiger partial charge in [0.1, 0.15) is 5.69 Å². The van der Waals surface area contributed by atoms with E-state index in [2.05, 4.69) is 16.8 Å². The van der Waals surface area contributed by atoms with Crippen molar-refractivity contribution < 1.29 is 28.8 Å². The van der Waals surface area contributed by atoms with E-state index in [1.807, 2.05) is 47.3 Å². The zero-order valence-electron chi connectivity index (χ0n) is 37.7. The predicted octanol–water partition coefficient (Wildman–Crippen LogP) is 5.47. The van der Waals surface area contributed by atoms with Crippen LogP contribution < -0.4 is 0 Å². The van der Waals surface area contributed by atoms with Gasteiger partial charge in [-0.2, -0.15) is 0 Å². The lowest BCUT2D eigenvalue weighted by molar-refractivity contribution is -0.129. The second kappa shape index (κ2) is 22.5. The number of terminal acetylenes is 2. The van der Waals surface area contributed by atoms with Crippen LogP contribution in [0.15, 0.2) is 96.5 Å². The molecular weight excluding hydrogens is 827 g/mol. The Hall–Kier alpha value is -7.55. The van der Waals surface area contributed by atoms with Crippen LogP contribution in [0.3, 0.4) is 0 Å². The normalized spacial score (nSPS) is 10.2. The van der Waals surface area contributed by atoms with Gasteiger partial charge in [-0.05, 0) is 90.7 Å². The lowest BCUT2D eigenvalue weighted by Crippen LogP contribution is -2.24. The molecule has 6 aromatic rings. The summed E-state index contributed by atoms with van der Waals surface area (Å²) in [5, 5.41) is 1.90. The zero-order chi connectivity index (χ0) is 47.2. The third-order valence-electron chi connectivity index (χ3n) is 10.4. The van der Waals surface area contributed by atoms with E-state index in [1.165, 1.54) is 27.3 Å². The number of hydrogen-bond donors (Lipinski definition) is 0. The largest absolute Gasteiger partial charge is 0.349 e. The minimum absolute atomic E-state index is 0.00132. The number of pyridine rings is 1. The first kappa shape index (κ1) is 49.1. The van der Waals surface area contributed by atoms with E-state index in [9.17, 15) is 28.8 Å². The highest BCUT2D eigenvalue weighted by Gasteiger charge is 2.19. The van der Waals surface area contributed by atoms with E-state index >= 15 is 0 Å². The second-order valence-corrected chi connectivity index (χ2v) is 16.2. The maximum absolute atomic E-state index is 12.5. The number of carbonyl (C=O) groups excluding carboxylic acids is 6. The summed E-state index contributed by atoms with van der Waals surface area (Å²) in [6.07, 6.45) is 13.7. The number of likely N-dealkylation sites (N-methyl/N-ethyl adjacent to an activating group) is 2. The number of hydrogen-bond acceptors (Lipinski definition) is 8. The summed E-state index contributed by atoms with van der Waals surface area (Å²) in [5.41, 5.74) is 6.59. The fourth-order valence-corrected chi connectivity index (χ4v) is 6.87. The summed E-state index contributed by atoms with van der Waals surface area (Å²) in [5.74, 6) is 4.81. The van der Waals surface area contributed by atoms with Crippen LogP contribution >= 0.6 is 11.3 Å². The molecule has 330 valence electrons. The summed E-state index contributed by atoms with van der Waals surface area (Å²) in [7, 11) is 15.8. The van der Waals surface area contributed by atoms with E-state index in [1.54, 1.807) is 125 Å². The maximum Gasteiger partial charge on any atom is 0.227 e. The van der Waals surface area contributed by atoms with Gasteiger partial charge in [-0.1, -0.05) is 17.9 Å². The highest BCUT2D eigenvalue weighted by molar-refractivity contribution is 7.12. The molecule has 14 heteroatoms. The number of nitrogens with zero attached hydrogens (tertiary/aromatic N) is 7. The number of thiophene rings is 1. The van der Waals surface area contributed by atoms with Crippen LogP contribution in [0, 0.1) is 24.7 Å². The fourth-order valence-electron chi connectivity index (χ4n) is 6.20. The first-order valence-corrected chi connectivity index (χ1v) is 21.0. The molecule has 13 nitrogen and oxygen atoms in total. The first-order valence-electron chi connectivity index (χ1n) is 20.1. The van der Waals surface area contributed by atoms with Crippen molar-refractivity contribution in [1.82, 2.24) is 33.4 Å². The number of aryl methyl sites for hydroxylation is 1. The summed E-state index contributed by atoms with van der Waals surface area (Å²) >= 11 is 1.44. The van der Waals surface area contributed by atoms with E-state index in [0.717, 1.165) is 27.5 Å². The van der Waals surface area contributed by atoms with Crippen LogP contribution in [-0.2, 0) is 54.8 Å². The smallest absolute Gasteiger partial charge is 0.227 e. The number of aromatic nitrogens is 4. The molecule has 0 saturated heterocycles. The van der Waals surface area contributed by atoms with Crippen molar-refractivity contribution in [1.29, 1.82) is 0 Å². The number of ketones is 3. The molecule has 0 bridgehead atoms. The summed E-state index contributed by atoms with van der Waals surface area (Å²) < 4.78 is 5.38. The molecule has 0 unspecified atom stereocenters. The standard InChI is InChI=1S/C18H18N2O2.C17H17N3O2.C15H18N2O2S/c1-5-13-6-8-14(9-7-13)18(22)16-11-10-15(20(16)4)12-17(21)19(2)3;1-5-13-7-6-12(11-18-13)17(22)15-9-8-14(20(15)4)10-16(21)19(2)3;1-16(2)14(18)9-7-11-6-8-12(17(11)3)15(19)13-5-4-10-20-13/h1,6-11H,12H2,2-4H3;1,6-9,11H,10H2,2-4H3;4-6,8,10H,7,9H2,1-3H3. The third-order valence-corrected chi connectivity index (χ3v) is 11.2. The molecule has 64 heavy (non-hydrogen) atoms. The molecule has 5 heterocycles. The Bertz CT molecular complexity index is 2570. The molecule has 0 spiro atoms. The minimum atomic E-state index is -0.151. The molecule has 0 aliphatic heterocycles. The topological polar surface area (TPSA) is 140 Å². The quantitative estimate of drug-likeness (QED) is 0.111. The lowest BCUT2D eigenvalue weighted by atomic mass is 10.1. The summed E-state index contributed by atoms with van der Waals surface area (Å²) in [4.78, 5) is 81.9. The molecule has 0 atom stereocenters. The van der Waals surface area contributed by atoms with Gasteiger partial charge >= 0.3 is 0 Å². The SMILES string of the molecule is C#Cc1ccc(C(=O)c2ccc(CC(=O)N(C)C)n2C)cc1.C#Cc1ccc(C(=O)c2ccc(CC(=O)N(C)C)n2C)cn1.CN(C)C(=O)CCc1ccc(C(=O)c2cccs2)n1C. The highest BCUT2D eigenvalue weighted by atomic mass is 32.1. The van der Waals surface area contributed by atoms with Gasteiger partial charge in [-0.3, -0.25) is 28.8 Å². The van der Waals surface area contributed by atoms with Crippen LogP contribution in [0.25, 0.3) is 0 Å². The van der Waals surface area contributed by atoms with Crippen molar-refractivity contribution in [3.63, 3.8) is 0 Å². The summed E-state index contributed by atoms with van der Waals surface area (Å²) in [6.45, 7) is 0. The van der Waals surface area contributed by atoms with Crippen LogP contribution in [0.4, 0.5) is 0 Å². The molecule has 0 aliphatic carbocycles. The number of carbonyl (C=O) groups is 6. The molecule has 0 N–H and O–H groups in total. The van der Waals surface area contributed by atoms with E-state index < -0.39 is 0 Å². The highest BCUT2D eigenvalue weighted by Crippen LogP contribution is 2.19. The van der Waals surface area contributed by atoms with Crippen molar-refractivity contribution in [2.24, 2.45) is 21.1 Å². The van der Waals surface area contributed by atoms with Crippen molar-refractivity contribution >= 4 is 46.4 Å². The van der Waals surface area contributed by atoms with Crippen LogP contribution in [0.2, 0.25) is 0 Å². The Labute approximate surface area is 378 Å². The molecule has 1 aromatic carbocycles. The Kier molecular flexibility index (Phi) is 17.3. The predicted molar refractivity (Wildman–Crippen MR) is 249 cm³/mol. The van der Waals surface area contributed by atoms with Crippen molar-refractivity contribution in [3.8, 4) is 24.7 Å². The van der Waals surface area contributed by atoms with Gasteiger partial charge < -0.3 is 28.4 Å². The van der Waals surface area contributed by atoms with Gasteiger partial charge in [0.2, 0.25) is 35.1 Å². The molecule has 0 radical (unpaired) electrons. The number of benzene rings is 1. The van der Waals surface area contributed by atoms with Crippen LogP contribution in [0.1, 0.15) is 82.2 Å². The maximum atomic E-state index is 12.5. The molecule has 3 amide bonds. The Morgan fingerprint density at radius 1 is 0.562 bits per heavy atom. The van der Waals surface area contributed by atoms with E-state index in [-0.39, 0.29) is 47.9 Å². The molecular formula is C50H53N7O6S. The average molecular weight is 880 g/mol. The fraction of sp³-hybridized carbons (Fsp3) is 0.260. The Balaban J connectivity index is 0.000000211. The van der Waals surface area contributed by atoms with E-state index in [0.29, 0.717) is 46.7 Å². The molecule has 0 fully saturated rings. The third kappa shape index (κ3) is 12.5. The van der Waals surface area contributed by atoms with Gasteiger partial charge in [0.15, 0.2) is 0 Å². The Morgan fingerprint density at radius 2 is 1.03 bits per heavy atom. The average Bonchev–Trinajstić information content (AvgIpc) is 4.11. The number of rotatable bonds is 13. The van der Waals surface area contributed by atoms with Crippen molar-refractivity contribution in [2.45, 2.75) is 25.7 Å². The van der Waals surface area contributed by atoms with Crippen LogP contribution in [-0.4, -0.2) is 111 Å². The minimum Gasteiger partial charge on any atom is -0.349 e. The summed E-state index contributed by atoms with van der Waals surface area (Å²) in [6, 6.07) is 24.7.